The maximum absolute atomic E-state index is 11.9. The SMILES string of the molecule is O=C(NCCNC(=O)c1cccs1)Nc1ccc(N2CCCCC2)nc1. The second-order valence-corrected chi connectivity index (χ2v) is 7.01. The molecule has 0 aliphatic carbocycles. The Balaban J connectivity index is 1.37. The number of pyridine rings is 1. The van der Waals surface area contributed by atoms with Gasteiger partial charge in [-0.25, -0.2) is 9.78 Å². The van der Waals surface area contributed by atoms with Crippen molar-refractivity contribution in [2.45, 2.75) is 19.3 Å². The molecule has 0 atom stereocenters. The van der Waals surface area contributed by atoms with E-state index in [1.165, 1.54) is 30.6 Å². The average molecular weight is 373 g/mol. The molecule has 1 aliphatic rings. The van der Waals surface area contributed by atoms with Gasteiger partial charge in [0.05, 0.1) is 16.8 Å². The van der Waals surface area contributed by atoms with Crippen molar-refractivity contribution in [2.24, 2.45) is 0 Å². The van der Waals surface area contributed by atoms with Crippen molar-refractivity contribution in [3.8, 4) is 0 Å². The number of amides is 3. The van der Waals surface area contributed by atoms with E-state index in [1.807, 2.05) is 23.6 Å². The van der Waals surface area contributed by atoms with Gasteiger partial charge in [0.2, 0.25) is 0 Å². The third-order valence-corrected chi connectivity index (χ3v) is 5.00. The van der Waals surface area contributed by atoms with E-state index in [1.54, 1.807) is 12.3 Å². The molecule has 1 aliphatic heterocycles. The molecule has 8 heteroatoms. The molecular weight excluding hydrogens is 350 g/mol. The average Bonchev–Trinajstić information content (AvgIpc) is 3.21. The summed E-state index contributed by atoms with van der Waals surface area (Å²) < 4.78 is 0. The summed E-state index contributed by atoms with van der Waals surface area (Å²) in [7, 11) is 0. The highest BCUT2D eigenvalue weighted by molar-refractivity contribution is 7.12. The molecular formula is C18H23N5O2S. The number of thiophene rings is 1. The van der Waals surface area contributed by atoms with Gasteiger partial charge in [-0.1, -0.05) is 6.07 Å². The maximum atomic E-state index is 11.9. The second kappa shape index (κ2) is 9.19. The topological polar surface area (TPSA) is 86.4 Å². The number of nitrogens with one attached hydrogen (secondary N) is 3. The van der Waals surface area contributed by atoms with Crippen LogP contribution in [0.25, 0.3) is 0 Å². The molecule has 0 radical (unpaired) electrons. The summed E-state index contributed by atoms with van der Waals surface area (Å²) in [6.07, 6.45) is 5.35. The maximum Gasteiger partial charge on any atom is 0.319 e. The summed E-state index contributed by atoms with van der Waals surface area (Å²) in [5.41, 5.74) is 0.644. The van der Waals surface area contributed by atoms with E-state index in [2.05, 4.69) is 25.8 Å². The molecule has 3 rings (SSSR count). The van der Waals surface area contributed by atoms with Crippen molar-refractivity contribution in [2.75, 3.05) is 36.4 Å². The number of anilines is 2. The van der Waals surface area contributed by atoms with Crippen LogP contribution in [0.3, 0.4) is 0 Å². The first-order chi connectivity index (χ1) is 12.7. The standard InChI is InChI=1S/C18H23N5O2S/c24-17(15-5-4-12-26-15)19-8-9-20-18(25)22-14-6-7-16(21-13-14)23-10-2-1-3-11-23/h4-7,12-13H,1-3,8-11H2,(H,19,24)(H2,20,22,25). The van der Waals surface area contributed by atoms with Gasteiger partial charge in [-0.2, -0.15) is 0 Å². The minimum Gasteiger partial charge on any atom is -0.357 e. The van der Waals surface area contributed by atoms with Crippen molar-refractivity contribution in [1.82, 2.24) is 15.6 Å². The zero-order valence-electron chi connectivity index (χ0n) is 14.5. The van der Waals surface area contributed by atoms with Crippen LogP contribution in [0.4, 0.5) is 16.3 Å². The minimum absolute atomic E-state index is 0.125. The molecule has 0 unspecified atom stereocenters. The Labute approximate surface area is 156 Å². The van der Waals surface area contributed by atoms with Gasteiger partial charge < -0.3 is 20.9 Å². The van der Waals surface area contributed by atoms with E-state index >= 15 is 0 Å². The summed E-state index contributed by atoms with van der Waals surface area (Å²) in [5, 5.41) is 10.1. The molecule has 1 fully saturated rings. The first kappa shape index (κ1) is 18.2. The summed E-state index contributed by atoms with van der Waals surface area (Å²) in [5.74, 6) is 0.826. The van der Waals surface area contributed by atoms with E-state index < -0.39 is 0 Å². The number of hydrogen-bond donors (Lipinski definition) is 3. The predicted molar refractivity (Wildman–Crippen MR) is 104 cm³/mol. The molecule has 2 aromatic heterocycles. The van der Waals surface area contributed by atoms with Gasteiger partial charge in [0.1, 0.15) is 5.82 Å². The van der Waals surface area contributed by atoms with Gasteiger partial charge >= 0.3 is 6.03 Å². The quantitative estimate of drug-likeness (QED) is 0.680. The number of piperidine rings is 1. The van der Waals surface area contributed by atoms with Crippen LogP contribution in [-0.2, 0) is 0 Å². The first-order valence-electron chi connectivity index (χ1n) is 8.80. The van der Waals surface area contributed by atoms with E-state index in [0.717, 1.165) is 18.9 Å². The fourth-order valence-corrected chi connectivity index (χ4v) is 3.43. The summed E-state index contributed by atoms with van der Waals surface area (Å²) >= 11 is 1.39. The normalized spacial score (nSPS) is 13.9. The van der Waals surface area contributed by atoms with Gasteiger partial charge in [-0.05, 0) is 42.8 Å². The minimum atomic E-state index is -0.317. The zero-order chi connectivity index (χ0) is 18.2. The summed E-state index contributed by atoms with van der Waals surface area (Å²) in [6.45, 7) is 2.80. The molecule has 0 aromatic carbocycles. The lowest BCUT2D eigenvalue weighted by Gasteiger charge is -2.27. The summed E-state index contributed by atoms with van der Waals surface area (Å²) in [6, 6.07) is 7.07. The van der Waals surface area contributed by atoms with Crippen LogP contribution in [0.1, 0.15) is 28.9 Å². The van der Waals surface area contributed by atoms with Gasteiger partial charge in [-0.15, -0.1) is 11.3 Å². The van der Waals surface area contributed by atoms with Gasteiger partial charge in [-0.3, -0.25) is 4.79 Å². The second-order valence-electron chi connectivity index (χ2n) is 6.07. The Bertz CT molecular complexity index is 712. The fraction of sp³-hybridized carbons (Fsp3) is 0.389. The number of carbonyl (C=O) groups excluding carboxylic acids is 2. The molecule has 7 nitrogen and oxygen atoms in total. The van der Waals surface area contributed by atoms with Crippen molar-refractivity contribution >= 4 is 34.8 Å². The van der Waals surface area contributed by atoms with Crippen molar-refractivity contribution in [3.63, 3.8) is 0 Å². The molecule has 0 saturated carbocycles. The Morgan fingerprint density at radius 3 is 2.58 bits per heavy atom. The third-order valence-electron chi connectivity index (χ3n) is 4.13. The molecule has 26 heavy (non-hydrogen) atoms. The molecule has 0 bridgehead atoms. The summed E-state index contributed by atoms with van der Waals surface area (Å²) in [4.78, 5) is 31.0. The smallest absolute Gasteiger partial charge is 0.319 e. The lowest BCUT2D eigenvalue weighted by atomic mass is 10.1. The Hall–Kier alpha value is -2.61. The molecule has 3 N–H and O–H groups in total. The zero-order valence-corrected chi connectivity index (χ0v) is 15.3. The van der Waals surface area contributed by atoms with Crippen molar-refractivity contribution in [3.05, 3.63) is 40.7 Å². The van der Waals surface area contributed by atoms with Crippen LogP contribution in [0, 0.1) is 0 Å². The highest BCUT2D eigenvalue weighted by Gasteiger charge is 2.12. The Morgan fingerprint density at radius 1 is 1.08 bits per heavy atom. The number of rotatable bonds is 6. The molecule has 0 spiro atoms. The van der Waals surface area contributed by atoms with Crippen molar-refractivity contribution < 1.29 is 9.59 Å². The lowest BCUT2D eigenvalue weighted by Crippen LogP contribution is -2.36. The molecule has 3 heterocycles. The molecule has 3 amide bonds. The Morgan fingerprint density at radius 2 is 1.88 bits per heavy atom. The van der Waals surface area contributed by atoms with E-state index in [9.17, 15) is 9.59 Å². The predicted octanol–water partition coefficient (Wildman–Crippen LogP) is 2.68. The molecule has 1 saturated heterocycles. The van der Waals surface area contributed by atoms with Crippen LogP contribution in [0.5, 0.6) is 0 Å². The van der Waals surface area contributed by atoms with E-state index in [0.29, 0.717) is 23.7 Å². The highest BCUT2D eigenvalue weighted by Crippen LogP contribution is 2.18. The van der Waals surface area contributed by atoms with Crippen LogP contribution in [0.15, 0.2) is 35.8 Å². The first-order valence-corrected chi connectivity index (χ1v) is 9.68. The number of aromatic nitrogens is 1. The third kappa shape index (κ3) is 5.19. The Kier molecular flexibility index (Phi) is 6.43. The number of hydrogen-bond acceptors (Lipinski definition) is 5. The number of carbonyl (C=O) groups is 2. The highest BCUT2D eigenvalue weighted by atomic mass is 32.1. The van der Waals surface area contributed by atoms with E-state index in [-0.39, 0.29) is 11.9 Å². The lowest BCUT2D eigenvalue weighted by molar-refractivity contribution is 0.0958. The van der Waals surface area contributed by atoms with Crippen molar-refractivity contribution in [1.29, 1.82) is 0 Å². The van der Waals surface area contributed by atoms with Gasteiger partial charge in [0.25, 0.3) is 5.91 Å². The number of urea groups is 1. The fourth-order valence-electron chi connectivity index (χ4n) is 2.79. The van der Waals surface area contributed by atoms with Gasteiger partial charge in [0.15, 0.2) is 0 Å². The van der Waals surface area contributed by atoms with Crippen LogP contribution in [-0.4, -0.2) is 43.1 Å². The molecule has 2 aromatic rings. The van der Waals surface area contributed by atoms with Crippen LogP contribution >= 0.6 is 11.3 Å². The van der Waals surface area contributed by atoms with Crippen LogP contribution < -0.4 is 20.9 Å². The van der Waals surface area contributed by atoms with Crippen LogP contribution in [0.2, 0.25) is 0 Å². The largest absolute Gasteiger partial charge is 0.357 e. The monoisotopic (exact) mass is 373 g/mol. The molecule has 138 valence electrons. The van der Waals surface area contributed by atoms with Gasteiger partial charge in [0, 0.05) is 26.2 Å². The number of nitrogens with zero attached hydrogens (tertiary/aromatic N) is 2. The van der Waals surface area contributed by atoms with E-state index in [4.69, 9.17) is 0 Å².